The first-order valence-corrected chi connectivity index (χ1v) is 14.1. The average molecular weight is 574 g/mol. The molecule has 0 aliphatic rings. The van der Waals surface area contributed by atoms with Crippen LogP contribution in [0.1, 0.15) is 25.3 Å². The molecule has 15 heteroatoms. The second-order valence-corrected chi connectivity index (χ2v) is 10.7. The van der Waals surface area contributed by atoms with Crippen LogP contribution >= 0.6 is 19.2 Å². The molecule has 3 rings (SSSR count). The van der Waals surface area contributed by atoms with Crippen LogP contribution in [-0.4, -0.2) is 70.6 Å². The predicted octanol–water partition coefficient (Wildman–Crippen LogP) is 2.94. The van der Waals surface area contributed by atoms with Crippen molar-refractivity contribution in [3.05, 3.63) is 45.5 Å². The molecule has 2 aromatic heterocycles. The van der Waals surface area contributed by atoms with Gasteiger partial charge in [0.25, 0.3) is 5.56 Å². The molecule has 0 amide bonds. The lowest BCUT2D eigenvalue weighted by atomic mass is 10.2. The van der Waals surface area contributed by atoms with Gasteiger partial charge in [0, 0.05) is 13.2 Å². The number of hydrogen-bond acceptors (Lipinski definition) is 11. The van der Waals surface area contributed by atoms with Crippen LogP contribution in [0.4, 0.5) is 5.95 Å². The summed E-state index contributed by atoms with van der Waals surface area (Å²) in [4.78, 5) is 22.5. The van der Waals surface area contributed by atoms with E-state index in [-0.39, 0.29) is 50.8 Å². The van der Waals surface area contributed by atoms with Crippen molar-refractivity contribution < 1.29 is 32.9 Å². The summed E-state index contributed by atoms with van der Waals surface area (Å²) in [5.74, 6) is 0.466. The molecule has 2 heterocycles. The van der Waals surface area contributed by atoms with E-state index in [4.69, 9.17) is 40.6 Å². The molecule has 38 heavy (non-hydrogen) atoms. The Morgan fingerprint density at radius 3 is 2.82 bits per heavy atom. The lowest BCUT2D eigenvalue weighted by Gasteiger charge is -2.22. The molecule has 2 atom stereocenters. The number of nitrogens with one attached hydrogen (secondary N) is 1. The third kappa shape index (κ3) is 8.50. The number of nitrogens with zero attached hydrogens (tertiary/aromatic N) is 3. The molecular weight excluding hydrogens is 541 g/mol. The smallest absolute Gasteiger partial charge is 0.356 e. The molecule has 1 aromatic carbocycles. The number of hydrogen-bond donors (Lipinski definition) is 3. The van der Waals surface area contributed by atoms with E-state index in [1.54, 1.807) is 22.8 Å². The SMILES string of the molecule is CCCCOC(CO)COP(=O)(COCCn1cnc2c(=O)[nH]c(N)nc21)OCc1ccc(OC)c(Cl)c1. The summed E-state index contributed by atoms with van der Waals surface area (Å²) in [5.41, 5.74) is 6.28. The maximum absolute atomic E-state index is 13.6. The van der Waals surface area contributed by atoms with E-state index in [0.29, 0.717) is 28.6 Å². The molecule has 0 aliphatic carbocycles. The number of aromatic amines is 1. The number of H-pyrrole nitrogens is 1. The van der Waals surface area contributed by atoms with Gasteiger partial charge < -0.3 is 38.7 Å². The van der Waals surface area contributed by atoms with Crippen LogP contribution in [-0.2, 0) is 36.2 Å². The van der Waals surface area contributed by atoms with E-state index in [1.165, 1.54) is 13.4 Å². The van der Waals surface area contributed by atoms with Gasteiger partial charge in [0.2, 0.25) is 5.95 Å². The number of anilines is 1. The zero-order chi connectivity index (χ0) is 27.5. The lowest BCUT2D eigenvalue weighted by Crippen LogP contribution is -2.24. The number of rotatable bonds is 17. The van der Waals surface area contributed by atoms with E-state index in [2.05, 4.69) is 15.0 Å². The topological polar surface area (TPSA) is 173 Å². The van der Waals surface area contributed by atoms with E-state index < -0.39 is 19.3 Å². The number of methoxy groups -OCH3 is 1. The minimum atomic E-state index is -3.80. The first kappa shape index (κ1) is 30.0. The van der Waals surface area contributed by atoms with Gasteiger partial charge in [-0.2, -0.15) is 4.98 Å². The highest BCUT2D eigenvalue weighted by molar-refractivity contribution is 7.53. The summed E-state index contributed by atoms with van der Waals surface area (Å²) in [6, 6.07) is 5.04. The Morgan fingerprint density at radius 1 is 1.29 bits per heavy atom. The normalized spacial score (nSPS) is 14.0. The molecule has 0 fully saturated rings. The van der Waals surface area contributed by atoms with Crippen LogP contribution < -0.4 is 16.0 Å². The minimum Gasteiger partial charge on any atom is -0.495 e. The van der Waals surface area contributed by atoms with Crippen LogP contribution in [0.15, 0.2) is 29.3 Å². The molecule has 0 saturated carbocycles. The first-order chi connectivity index (χ1) is 18.3. The van der Waals surface area contributed by atoms with Crippen LogP contribution in [0.25, 0.3) is 11.2 Å². The second kappa shape index (κ2) is 14.6. The molecule has 2 unspecified atom stereocenters. The van der Waals surface area contributed by atoms with Crippen LogP contribution in [0.5, 0.6) is 5.75 Å². The number of aliphatic hydroxyl groups excluding tert-OH is 1. The third-order valence-electron chi connectivity index (χ3n) is 5.38. The van der Waals surface area contributed by atoms with Crippen molar-refractivity contribution in [2.45, 2.75) is 39.0 Å². The van der Waals surface area contributed by atoms with E-state index in [1.807, 2.05) is 6.92 Å². The number of nitrogens with two attached hydrogens (primary N) is 1. The van der Waals surface area contributed by atoms with E-state index in [0.717, 1.165) is 12.8 Å². The van der Waals surface area contributed by atoms with Gasteiger partial charge in [0.1, 0.15) is 18.2 Å². The van der Waals surface area contributed by atoms with E-state index >= 15 is 0 Å². The zero-order valence-electron chi connectivity index (χ0n) is 21.3. The van der Waals surface area contributed by atoms with Crippen LogP contribution in [0, 0.1) is 0 Å². The Hall–Kier alpha value is -2.51. The maximum atomic E-state index is 13.6. The number of ether oxygens (including phenoxy) is 3. The Labute approximate surface area is 224 Å². The van der Waals surface area contributed by atoms with Crippen molar-refractivity contribution in [2.75, 3.05) is 45.6 Å². The van der Waals surface area contributed by atoms with Gasteiger partial charge >= 0.3 is 7.60 Å². The Morgan fingerprint density at radius 2 is 2.11 bits per heavy atom. The largest absolute Gasteiger partial charge is 0.495 e. The summed E-state index contributed by atoms with van der Waals surface area (Å²) in [6.07, 6.45) is 2.16. The van der Waals surface area contributed by atoms with Crippen LogP contribution in [0.3, 0.4) is 0 Å². The predicted molar refractivity (Wildman–Crippen MR) is 141 cm³/mol. The van der Waals surface area contributed by atoms with Crippen molar-refractivity contribution in [2.24, 2.45) is 0 Å². The number of aromatic nitrogens is 4. The quantitative estimate of drug-likeness (QED) is 0.160. The fraction of sp³-hybridized carbons (Fsp3) is 0.522. The monoisotopic (exact) mass is 573 g/mol. The van der Waals surface area contributed by atoms with Gasteiger partial charge in [-0.1, -0.05) is 31.0 Å². The minimum absolute atomic E-state index is 0.0327. The van der Waals surface area contributed by atoms with Gasteiger partial charge in [0.15, 0.2) is 11.2 Å². The number of halogens is 1. The summed E-state index contributed by atoms with van der Waals surface area (Å²) >= 11 is 6.18. The summed E-state index contributed by atoms with van der Waals surface area (Å²) in [5, 5.41) is 9.99. The van der Waals surface area contributed by atoms with Gasteiger partial charge in [-0.15, -0.1) is 0 Å². The summed E-state index contributed by atoms with van der Waals surface area (Å²) in [7, 11) is -2.29. The number of benzene rings is 1. The molecule has 0 spiro atoms. The maximum Gasteiger partial charge on any atom is 0.356 e. The Balaban J connectivity index is 1.63. The molecule has 0 saturated heterocycles. The van der Waals surface area contributed by atoms with Gasteiger partial charge in [0.05, 0.1) is 44.9 Å². The van der Waals surface area contributed by atoms with Gasteiger partial charge in [-0.25, -0.2) is 4.98 Å². The molecule has 3 aromatic rings. The van der Waals surface area contributed by atoms with Crippen molar-refractivity contribution in [1.82, 2.24) is 19.5 Å². The van der Waals surface area contributed by atoms with Gasteiger partial charge in [-0.05, 0) is 24.1 Å². The number of imidazole rings is 1. The fourth-order valence-corrected chi connectivity index (χ4v) is 4.90. The van der Waals surface area contributed by atoms with Crippen molar-refractivity contribution >= 4 is 36.3 Å². The number of unbranched alkanes of at least 4 members (excludes halogenated alkanes) is 1. The van der Waals surface area contributed by atoms with Crippen LogP contribution in [0.2, 0.25) is 5.02 Å². The fourth-order valence-electron chi connectivity index (χ4n) is 3.30. The number of aliphatic hydroxyl groups is 1. The molecule has 4 N–H and O–H groups in total. The highest BCUT2D eigenvalue weighted by Gasteiger charge is 2.27. The van der Waals surface area contributed by atoms with Crippen molar-refractivity contribution in [3.8, 4) is 5.75 Å². The lowest BCUT2D eigenvalue weighted by molar-refractivity contribution is -0.0199. The molecule has 210 valence electrons. The average Bonchev–Trinajstić information content (AvgIpc) is 3.30. The molecule has 0 bridgehead atoms. The standard InChI is InChI=1S/C23H33ClN5O8P/c1-3-4-8-35-17(11-30)13-37-38(32,36-12-16-5-6-19(33-2)18(24)10-16)15-34-9-7-29-14-26-20-21(29)27-23(25)28-22(20)31/h5-6,10,14,17,30H,3-4,7-9,11-13,15H2,1-2H3,(H3,25,27,28,31). The summed E-state index contributed by atoms with van der Waals surface area (Å²) < 4.78 is 42.8. The molecule has 0 radical (unpaired) electrons. The second-order valence-electron chi connectivity index (χ2n) is 8.28. The van der Waals surface area contributed by atoms with Crippen molar-refractivity contribution in [3.63, 3.8) is 0 Å². The number of fused-ring (bicyclic) bond motifs is 1. The Kier molecular flexibility index (Phi) is 11.5. The molecule has 13 nitrogen and oxygen atoms in total. The van der Waals surface area contributed by atoms with E-state index in [9.17, 15) is 14.5 Å². The highest BCUT2D eigenvalue weighted by atomic mass is 35.5. The first-order valence-electron chi connectivity index (χ1n) is 12.0. The van der Waals surface area contributed by atoms with Gasteiger partial charge in [-0.3, -0.25) is 14.3 Å². The Bertz CT molecular complexity index is 1290. The van der Waals surface area contributed by atoms with Crippen molar-refractivity contribution in [1.29, 1.82) is 0 Å². The summed E-state index contributed by atoms with van der Waals surface area (Å²) in [6.45, 7) is 2.28. The highest BCUT2D eigenvalue weighted by Crippen LogP contribution is 2.49. The third-order valence-corrected chi connectivity index (χ3v) is 7.23. The molecule has 0 aliphatic heterocycles. The molecular formula is C23H33ClN5O8P. The zero-order valence-corrected chi connectivity index (χ0v) is 23.0. The number of nitrogen functional groups attached to an aromatic ring is 1.